The van der Waals surface area contributed by atoms with Gasteiger partial charge in [0.1, 0.15) is 29.7 Å². The van der Waals surface area contributed by atoms with Crippen molar-refractivity contribution in [3.05, 3.63) is 95.2 Å². The van der Waals surface area contributed by atoms with E-state index in [0.29, 0.717) is 33.4 Å². The quantitative estimate of drug-likeness (QED) is 0.347. The van der Waals surface area contributed by atoms with Crippen LogP contribution >= 0.6 is 0 Å². The number of rotatable bonds is 5. The normalized spacial score (nSPS) is 12.2. The topological polar surface area (TPSA) is 127 Å². The van der Waals surface area contributed by atoms with E-state index in [2.05, 4.69) is 15.0 Å². The fraction of sp³-hybridized carbons (Fsp3) is 0.111. The monoisotopic (exact) mass is 508 g/mol. The first-order chi connectivity index (χ1) is 18.5. The first kappa shape index (κ1) is 23.2. The van der Waals surface area contributed by atoms with Crippen molar-refractivity contribution in [1.82, 2.24) is 34.3 Å². The Kier molecular flexibility index (Phi) is 5.52. The van der Waals surface area contributed by atoms with Crippen molar-refractivity contribution in [2.45, 2.75) is 13.0 Å². The van der Waals surface area contributed by atoms with Crippen LogP contribution in [0.4, 0.5) is 10.2 Å². The first-order valence-electron chi connectivity index (χ1n) is 11.7. The predicted molar refractivity (Wildman–Crippen MR) is 141 cm³/mol. The fourth-order valence-electron chi connectivity index (χ4n) is 4.53. The third-order valence-corrected chi connectivity index (χ3v) is 6.36. The van der Waals surface area contributed by atoms with Crippen LogP contribution in [0.5, 0.6) is 5.88 Å². The van der Waals surface area contributed by atoms with E-state index >= 15 is 4.39 Å². The van der Waals surface area contributed by atoms with Crippen LogP contribution in [0, 0.1) is 5.95 Å². The van der Waals surface area contributed by atoms with Gasteiger partial charge in [0.2, 0.25) is 11.8 Å². The lowest BCUT2D eigenvalue weighted by Gasteiger charge is -2.19. The minimum Gasteiger partial charge on any atom is -0.481 e. The highest BCUT2D eigenvalue weighted by Gasteiger charge is 2.26. The SMILES string of the molecule is COc1ccc(-c2nn(C(C)c3nc4ccccc4c(=O)n3-c3ccccc3)c3ncnc(N)c23)c(F)n1. The van der Waals surface area contributed by atoms with Crippen LogP contribution in [-0.2, 0) is 0 Å². The Bertz CT molecular complexity index is 1880. The van der Waals surface area contributed by atoms with Gasteiger partial charge in [0.05, 0.1) is 34.6 Å². The van der Waals surface area contributed by atoms with E-state index in [1.54, 1.807) is 27.4 Å². The number of pyridine rings is 1. The summed E-state index contributed by atoms with van der Waals surface area (Å²) in [6, 6.07) is 18.8. The number of anilines is 1. The second-order valence-electron chi connectivity index (χ2n) is 8.58. The second-order valence-corrected chi connectivity index (χ2v) is 8.58. The average Bonchev–Trinajstić information content (AvgIpc) is 3.33. The van der Waals surface area contributed by atoms with Gasteiger partial charge in [0.25, 0.3) is 5.56 Å². The lowest BCUT2D eigenvalue weighted by Crippen LogP contribution is -2.27. The molecule has 38 heavy (non-hydrogen) atoms. The van der Waals surface area contributed by atoms with Crippen molar-refractivity contribution in [2.24, 2.45) is 0 Å². The van der Waals surface area contributed by atoms with Crippen molar-refractivity contribution < 1.29 is 9.13 Å². The standard InChI is InChI=1S/C27H21FN8O2/c1-15(25-32-19-11-7-6-10-17(19)27(37)35(25)16-8-4-3-5-9-16)36-26-21(24(29)30-14-31-26)22(34-36)18-12-13-20(38-2)33-23(18)28/h3-15H,1-2H3,(H2,29,30,31). The maximum Gasteiger partial charge on any atom is 0.266 e. The number of nitrogen functional groups attached to an aromatic ring is 1. The summed E-state index contributed by atoms with van der Waals surface area (Å²) in [5.41, 5.74) is 7.88. The zero-order chi connectivity index (χ0) is 26.4. The Morgan fingerprint density at radius 1 is 0.974 bits per heavy atom. The number of fused-ring (bicyclic) bond motifs is 2. The van der Waals surface area contributed by atoms with Gasteiger partial charge in [-0.25, -0.2) is 19.6 Å². The minimum atomic E-state index is -0.781. The minimum absolute atomic E-state index is 0.107. The molecule has 0 aliphatic rings. The smallest absolute Gasteiger partial charge is 0.266 e. The highest BCUT2D eigenvalue weighted by atomic mass is 19.1. The summed E-state index contributed by atoms with van der Waals surface area (Å²) < 4.78 is 23.2. The summed E-state index contributed by atoms with van der Waals surface area (Å²) in [5.74, 6) is -0.108. The molecule has 0 radical (unpaired) electrons. The van der Waals surface area contributed by atoms with Gasteiger partial charge >= 0.3 is 0 Å². The average molecular weight is 509 g/mol. The molecule has 0 aliphatic heterocycles. The predicted octanol–water partition coefficient (Wildman–Crippen LogP) is 3.93. The van der Waals surface area contributed by atoms with Gasteiger partial charge in [-0.15, -0.1) is 0 Å². The molecule has 4 aromatic heterocycles. The van der Waals surface area contributed by atoms with Crippen molar-refractivity contribution in [1.29, 1.82) is 0 Å². The van der Waals surface area contributed by atoms with Crippen LogP contribution in [0.3, 0.4) is 0 Å². The lowest BCUT2D eigenvalue weighted by atomic mass is 10.1. The van der Waals surface area contributed by atoms with E-state index < -0.39 is 12.0 Å². The molecule has 10 nitrogen and oxygen atoms in total. The number of aromatic nitrogens is 7. The molecule has 1 atom stereocenters. The molecule has 188 valence electrons. The summed E-state index contributed by atoms with van der Waals surface area (Å²) in [6.07, 6.45) is 1.31. The number of hydrogen-bond acceptors (Lipinski definition) is 8. The number of benzene rings is 2. The van der Waals surface area contributed by atoms with Gasteiger partial charge in [-0.2, -0.15) is 14.5 Å². The molecule has 1 unspecified atom stereocenters. The molecule has 0 spiro atoms. The van der Waals surface area contributed by atoms with Gasteiger partial charge in [-0.3, -0.25) is 9.36 Å². The highest BCUT2D eigenvalue weighted by Crippen LogP contribution is 2.34. The molecule has 2 aromatic carbocycles. The summed E-state index contributed by atoms with van der Waals surface area (Å²) in [5, 5.41) is 5.56. The number of ether oxygens (including phenoxy) is 1. The molecular weight excluding hydrogens is 487 g/mol. The third-order valence-electron chi connectivity index (χ3n) is 6.36. The molecule has 6 aromatic rings. The van der Waals surface area contributed by atoms with E-state index in [-0.39, 0.29) is 28.5 Å². The molecular formula is C27H21FN8O2. The Labute approximate surface area is 215 Å². The first-order valence-corrected chi connectivity index (χ1v) is 11.7. The van der Waals surface area contributed by atoms with Crippen molar-refractivity contribution in [3.63, 3.8) is 0 Å². The molecule has 0 aliphatic carbocycles. The number of nitrogens with zero attached hydrogens (tertiary/aromatic N) is 7. The van der Waals surface area contributed by atoms with Crippen molar-refractivity contribution >= 4 is 27.8 Å². The lowest BCUT2D eigenvalue weighted by molar-refractivity contribution is 0.388. The summed E-state index contributed by atoms with van der Waals surface area (Å²) in [4.78, 5) is 30.9. The number of nitrogens with two attached hydrogens (primary N) is 1. The molecule has 0 saturated carbocycles. The fourth-order valence-corrected chi connectivity index (χ4v) is 4.53. The molecule has 4 heterocycles. The van der Waals surface area contributed by atoms with Gasteiger partial charge in [-0.05, 0) is 37.3 Å². The van der Waals surface area contributed by atoms with Crippen LogP contribution in [0.25, 0.3) is 38.9 Å². The molecule has 0 fully saturated rings. The molecule has 0 bridgehead atoms. The molecule has 11 heteroatoms. The van der Waals surface area contributed by atoms with E-state index in [0.717, 1.165) is 0 Å². The van der Waals surface area contributed by atoms with E-state index in [9.17, 15) is 4.79 Å². The zero-order valence-corrected chi connectivity index (χ0v) is 20.4. The van der Waals surface area contributed by atoms with Crippen molar-refractivity contribution in [2.75, 3.05) is 12.8 Å². The van der Waals surface area contributed by atoms with Crippen LogP contribution in [0.2, 0.25) is 0 Å². The largest absolute Gasteiger partial charge is 0.481 e. The highest BCUT2D eigenvalue weighted by molar-refractivity contribution is 5.98. The third kappa shape index (κ3) is 3.63. The zero-order valence-electron chi connectivity index (χ0n) is 20.4. The van der Waals surface area contributed by atoms with Crippen LogP contribution in [0.1, 0.15) is 18.8 Å². The Balaban J connectivity index is 1.63. The molecule has 6 rings (SSSR count). The van der Waals surface area contributed by atoms with Crippen LogP contribution in [0.15, 0.2) is 77.9 Å². The molecule has 2 N–H and O–H groups in total. The van der Waals surface area contributed by atoms with Gasteiger partial charge in [0.15, 0.2) is 5.65 Å². The number of hydrogen-bond donors (Lipinski definition) is 1. The molecule has 0 saturated heterocycles. The summed E-state index contributed by atoms with van der Waals surface area (Å²) in [7, 11) is 1.40. The number of para-hydroxylation sites is 2. The van der Waals surface area contributed by atoms with Crippen LogP contribution < -0.4 is 16.0 Å². The summed E-state index contributed by atoms with van der Waals surface area (Å²) >= 11 is 0. The van der Waals surface area contributed by atoms with Crippen molar-refractivity contribution in [3.8, 4) is 22.8 Å². The molecule has 0 amide bonds. The number of halogens is 1. The maximum absolute atomic E-state index is 15.0. The summed E-state index contributed by atoms with van der Waals surface area (Å²) in [6.45, 7) is 1.84. The number of methoxy groups -OCH3 is 1. The van der Waals surface area contributed by atoms with Gasteiger partial charge in [-0.1, -0.05) is 30.3 Å². The Morgan fingerprint density at radius 2 is 1.74 bits per heavy atom. The van der Waals surface area contributed by atoms with E-state index in [4.69, 9.17) is 20.6 Å². The van der Waals surface area contributed by atoms with Crippen LogP contribution in [-0.4, -0.2) is 41.4 Å². The maximum atomic E-state index is 15.0. The van der Waals surface area contributed by atoms with E-state index in [1.165, 1.54) is 25.6 Å². The Morgan fingerprint density at radius 3 is 2.50 bits per heavy atom. The van der Waals surface area contributed by atoms with Gasteiger partial charge < -0.3 is 10.5 Å². The second kappa shape index (κ2) is 9.04. The Hall–Kier alpha value is -5.19. The van der Waals surface area contributed by atoms with E-state index in [1.807, 2.05) is 43.3 Å². The van der Waals surface area contributed by atoms with Gasteiger partial charge in [0, 0.05) is 6.07 Å².